The number of fused-ring (bicyclic) bond motifs is 2. The standard InChI is InChI=1S/C31H27N9O7/c1-14(16-4-6-18(7-5-16)31(46)47)35-29(44)20-11-21(40-28(36-20)23(27(33)43)37-38-40)30(45)34-12-15-2-3-17-8-9-39(13-19(17)10-15)24-22(32)25(41)26(24)42/h2-7,10-11,14H,8-9,12-13,32H2,1H3,(H2,33,43)(H,34,45)(H,35,44)(H,46,47)/t14-/m0/s1. The van der Waals surface area contributed by atoms with Crippen molar-refractivity contribution in [2.24, 2.45) is 5.73 Å². The van der Waals surface area contributed by atoms with Crippen molar-refractivity contribution < 1.29 is 24.3 Å². The van der Waals surface area contributed by atoms with Gasteiger partial charge in [0.1, 0.15) is 22.8 Å². The Morgan fingerprint density at radius 3 is 2.43 bits per heavy atom. The van der Waals surface area contributed by atoms with E-state index in [-0.39, 0.29) is 46.2 Å². The van der Waals surface area contributed by atoms with Crippen LogP contribution in [0.1, 0.15) is 77.0 Å². The van der Waals surface area contributed by atoms with E-state index < -0.39 is 40.6 Å². The van der Waals surface area contributed by atoms with Crippen molar-refractivity contribution in [3.8, 4) is 0 Å². The molecule has 0 unspecified atom stereocenters. The zero-order chi connectivity index (χ0) is 33.6. The number of aromatic carboxylic acids is 1. The van der Waals surface area contributed by atoms with Gasteiger partial charge in [0.25, 0.3) is 28.6 Å². The molecule has 0 radical (unpaired) electrons. The Balaban J connectivity index is 1.22. The summed E-state index contributed by atoms with van der Waals surface area (Å²) >= 11 is 0. The molecule has 6 rings (SSSR count). The molecule has 0 fully saturated rings. The van der Waals surface area contributed by atoms with Gasteiger partial charge in [-0.2, -0.15) is 4.52 Å². The summed E-state index contributed by atoms with van der Waals surface area (Å²) in [5.74, 6) is -3.38. The summed E-state index contributed by atoms with van der Waals surface area (Å²) in [6.45, 7) is 2.66. The van der Waals surface area contributed by atoms with Crippen molar-refractivity contribution in [2.75, 3.05) is 17.2 Å². The van der Waals surface area contributed by atoms with Crippen molar-refractivity contribution >= 4 is 40.7 Å². The Morgan fingerprint density at radius 1 is 1.00 bits per heavy atom. The number of carboxylic acids is 1. The van der Waals surface area contributed by atoms with E-state index in [9.17, 15) is 28.8 Å². The van der Waals surface area contributed by atoms with Gasteiger partial charge in [0.05, 0.1) is 11.6 Å². The van der Waals surface area contributed by atoms with E-state index in [2.05, 4.69) is 25.9 Å². The highest BCUT2D eigenvalue weighted by Crippen LogP contribution is 2.26. The summed E-state index contributed by atoms with van der Waals surface area (Å²) < 4.78 is 1.01. The number of hydrogen-bond acceptors (Lipinski definition) is 11. The van der Waals surface area contributed by atoms with E-state index in [0.717, 1.165) is 21.2 Å². The van der Waals surface area contributed by atoms with Crippen LogP contribution in [-0.4, -0.2) is 55.2 Å². The van der Waals surface area contributed by atoms with E-state index in [1.807, 2.05) is 18.2 Å². The highest BCUT2D eigenvalue weighted by molar-refractivity contribution is 6.01. The van der Waals surface area contributed by atoms with Gasteiger partial charge < -0.3 is 32.1 Å². The minimum atomic E-state index is -1.08. The second-order valence-electron chi connectivity index (χ2n) is 11.1. The van der Waals surface area contributed by atoms with Crippen molar-refractivity contribution in [1.29, 1.82) is 0 Å². The molecule has 0 saturated carbocycles. The quantitative estimate of drug-likeness (QED) is 0.135. The zero-order valence-electron chi connectivity index (χ0n) is 24.8. The summed E-state index contributed by atoms with van der Waals surface area (Å²) in [5.41, 5.74) is 12.6. The van der Waals surface area contributed by atoms with Crippen molar-refractivity contribution in [2.45, 2.75) is 32.5 Å². The molecule has 1 atom stereocenters. The number of anilines is 2. The number of rotatable bonds is 9. The number of nitrogen functional groups attached to an aromatic ring is 1. The minimum absolute atomic E-state index is 0.0324. The number of carbonyl (C=O) groups is 4. The number of amides is 3. The molecule has 7 N–H and O–H groups in total. The maximum Gasteiger partial charge on any atom is 0.335 e. The van der Waals surface area contributed by atoms with E-state index >= 15 is 0 Å². The molecule has 238 valence electrons. The van der Waals surface area contributed by atoms with E-state index in [1.54, 1.807) is 24.0 Å². The Morgan fingerprint density at radius 2 is 1.74 bits per heavy atom. The smallest absolute Gasteiger partial charge is 0.335 e. The molecule has 3 aromatic carbocycles. The molecule has 47 heavy (non-hydrogen) atoms. The fourth-order valence-electron chi connectivity index (χ4n) is 5.48. The second kappa shape index (κ2) is 11.8. The maximum atomic E-state index is 13.5. The van der Waals surface area contributed by atoms with Gasteiger partial charge in [0.15, 0.2) is 11.3 Å². The highest BCUT2D eigenvalue weighted by Gasteiger charge is 2.27. The second-order valence-corrected chi connectivity index (χ2v) is 11.1. The lowest BCUT2D eigenvalue weighted by molar-refractivity contribution is 0.0695. The fraction of sp³-hybridized carbons (Fsp3) is 0.194. The number of benzene rings is 2. The summed E-state index contributed by atoms with van der Waals surface area (Å²) in [5, 5.41) is 22.3. The number of nitrogens with two attached hydrogens (primary N) is 2. The molecule has 2 aromatic heterocycles. The molecule has 0 bridgehead atoms. The van der Waals surface area contributed by atoms with Crippen LogP contribution in [-0.2, 0) is 19.5 Å². The molecule has 1 aliphatic heterocycles. The molecule has 1 aliphatic rings. The van der Waals surface area contributed by atoms with Crippen LogP contribution in [0.5, 0.6) is 0 Å². The lowest BCUT2D eigenvalue weighted by Crippen LogP contribution is -2.44. The number of carbonyl (C=O) groups excluding carboxylic acids is 3. The average Bonchev–Trinajstić information content (AvgIpc) is 3.51. The van der Waals surface area contributed by atoms with Gasteiger partial charge in [-0.1, -0.05) is 35.5 Å². The van der Waals surface area contributed by atoms with Gasteiger partial charge in [-0.05, 0) is 47.7 Å². The van der Waals surface area contributed by atoms with Crippen LogP contribution in [0.25, 0.3) is 5.65 Å². The van der Waals surface area contributed by atoms with Gasteiger partial charge in [0, 0.05) is 25.7 Å². The Labute approximate surface area is 264 Å². The largest absolute Gasteiger partial charge is 0.478 e. The van der Waals surface area contributed by atoms with Gasteiger partial charge in [-0.25, -0.2) is 9.78 Å². The van der Waals surface area contributed by atoms with Crippen LogP contribution in [0.15, 0.2) is 58.1 Å². The minimum Gasteiger partial charge on any atom is -0.478 e. The van der Waals surface area contributed by atoms with Crippen LogP contribution in [0, 0.1) is 0 Å². The lowest BCUT2D eigenvalue weighted by atomic mass is 9.96. The van der Waals surface area contributed by atoms with Crippen LogP contribution in [0.4, 0.5) is 11.4 Å². The summed E-state index contributed by atoms with van der Waals surface area (Å²) in [7, 11) is 0. The van der Waals surface area contributed by atoms with Crippen molar-refractivity contribution in [1.82, 2.24) is 30.4 Å². The van der Waals surface area contributed by atoms with Crippen LogP contribution in [0.3, 0.4) is 0 Å². The molecule has 3 heterocycles. The third-order valence-corrected chi connectivity index (χ3v) is 8.05. The predicted octanol–water partition coefficient (Wildman–Crippen LogP) is 0.0833. The third kappa shape index (κ3) is 5.63. The van der Waals surface area contributed by atoms with E-state index in [4.69, 9.17) is 16.6 Å². The summed E-state index contributed by atoms with van der Waals surface area (Å²) in [4.78, 5) is 79.6. The Kier molecular flexibility index (Phi) is 7.68. The zero-order valence-corrected chi connectivity index (χ0v) is 24.8. The molecule has 0 spiro atoms. The number of hydrogen-bond donors (Lipinski definition) is 5. The van der Waals surface area contributed by atoms with Gasteiger partial charge in [-0.3, -0.25) is 24.0 Å². The molecule has 0 saturated heterocycles. The molecule has 16 nitrogen and oxygen atoms in total. The number of nitrogens with zero attached hydrogens (tertiary/aromatic N) is 5. The first kappa shape index (κ1) is 30.6. The molecule has 16 heteroatoms. The van der Waals surface area contributed by atoms with Crippen molar-refractivity contribution in [3.63, 3.8) is 0 Å². The molecule has 0 aliphatic carbocycles. The first-order valence-corrected chi connectivity index (χ1v) is 14.4. The monoisotopic (exact) mass is 637 g/mol. The summed E-state index contributed by atoms with van der Waals surface area (Å²) in [6, 6.07) is 12.2. The first-order valence-electron chi connectivity index (χ1n) is 14.4. The van der Waals surface area contributed by atoms with Gasteiger partial charge in [-0.15, -0.1) is 5.10 Å². The maximum absolute atomic E-state index is 13.5. The van der Waals surface area contributed by atoms with Gasteiger partial charge >= 0.3 is 5.97 Å². The normalized spacial score (nSPS) is 13.3. The molecular formula is C31H27N9O7. The number of primary amides is 1. The van der Waals surface area contributed by atoms with Gasteiger partial charge in [0.2, 0.25) is 0 Å². The first-order chi connectivity index (χ1) is 22.4. The van der Waals surface area contributed by atoms with Crippen LogP contribution in [0.2, 0.25) is 0 Å². The lowest BCUT2D eigenvalue weighted by Gasteiger charge is -2.32. The average molecular weight is 638 g/mol. The molecular weight excluding hydrogens is 610 g/mol. The number of carboxylic acid groups (broad SMARTS) is 1. The Hall–Kier alpha value is -6.45. The van der Waals surface area contributed by atoms with Crippen molar-refractivity contribution in [3.05, 3.63) is 114 Å². The molecule has 3 amide bonds. The Bertz CT molecular complexity index is 2180. The molecule has 5 aromatic rings. The fourth-order valence-corrected chi connectivity index (χ4v) is 5.48. The topological polar surface area (TPSA) is 245 Å². The highest BCUT2D eigenvalue weighted by atomic mass is 16.4. The SMILES string of the molecule is C[C@H](NC(=O)c1cc(C(=O)NCc2ccc3c(c2)CN(c2c(N)c(=O)c2=O)CC3)n2nnc(C(N)=O)c2n1)c1ccc(C(=O)O)cc1. The number of aromatic nitrogens is 4. The number of nitrogens with one attached hydrogen (secondary N) is 2. The van der Waals surface area contributed by atoms with Crippen LogP contribution >= 0.6 is 0 Å². The van der Waals surface area contributed by atoms with Crippen LogP contribution < -0.4 is 37.9 Å². The van der Waals surface area contributed by atoms with E-state index in [0.29, 0.717) is 25.1 Å². The third-order valence-electron chi connectivity index (χ3n) is 8.05. The predicted molar refractivity (Wildman–Crippen MR) is 167 cm³/mol. The van der Waals surface area contributed by atoms with E-state index in [1.165, 1.54) is 18.2 Å². The summed E-state index contributed by atoms with van der Waals surface area (Å²) in [6.07, 6.45) is 0.640.